The van der Waals surface area contributed by atoms with Crippen LogP contribution in [0.1, 0.15) is 38.2 Å². The minimum absolute atomic E-state index is 0.254. The van der Waals surface area contributed by atoms with Gasteiger partial charge in [-0.1, -0.05) is 56.5 Å². The van der Waals surface area contributed by atoms with Crippen LogP contribution in [0.15, 0.2) is 66.7 Å². The maximum atomic E-state index is 15.0. The molecule has 1 aromatic heterocycles. The average molecular weight is 446 g/mol. The third-order valence-corrected chi connectivity index (χ3v) is 6.10. The van der Waals surface area contributed by atoms with Crippen LogP contribution in [-0.2, 0) is 0 Å². The van der Waals surface area contributed by atoms with Crippen LogP contribution in [0.25, 0.3) is 33.3 Å². The van der Waals surface area contributed by atoms with E-state index in [0.717, 1.165) is 57.4 Å². The summed E-state index contributed by atoms with van der Waals surface area (Å²) in [5, 5.41) is 2.24. The molecule has 4 rings (SSSR count). The van der Waals surface area contributed by atoms with E-state index in [2.05, 4.69) is 29.2 Å². The van der Waals surface area contributed by atoms with Gasteiger partial charge in [0.15, 0.2) is 0 Å². The molecule has 1 heterocycles. The molecule has 0 aliphatic rings. The van der Waals surface area contributed by atoms with Crippen LogP contribution in [-0.4, -0.2) is 11.6 Å². The van der Waals surface area contributed by atoms with E-state index in [1.807, 2.05) is 54.6 Å². The summed E-state index contributed by atoms with van der Waals surface area (Å²) in [5.74, 6) is 0.572. The van der Waals surface area contributed by atoms with E-state index in [9.17, 15) is 0 Å². The zero-order chi connectivity index (χ0) is 22.5. The molecule has 0 saturated carbocycles. The Morgan fingerprint density at radius 3 is 2.41 bits per heavy atom. The van der Waals surface area contributed by atoms with Crippen molar-refractivity contribution in [1.29, 1.82) is 0 Å². The summed E-state index contributed by atoms with van der Waals surface area (Å²) in [4.78, 5) is 4.76. The quantitative estimate of drug-likeness (QED) is 0.207. The monoisotopic (exact) mass is 445 g/mol. The van der Waals surface area contributed by atoms with Gasteiger partial charge in [0.1, 0.15) is 11.6 Å². The van der Waals surface area contributed by atoms with Gasteiger partial charge < -0.3 is 4.74 Å². The molecule has 0 aliphatic carbocycles. The van der Waals surface area contributed by atoms with Crippen LogP contribution < -0.4 is 10.0 Å². The zero-order valence-corrected chi connectivity index (χ0v) is 19.9. The van der Waals surface area contributed by atoms with E-state index in [4.69, 9.17) is 9.72 Å². The van der Waals surface area contributed by atoms with Crippen molar-refractivity contribution < 1.29 is 9.13 Å². The molecule has 4 heteroatoms. The molecule has 3 aromatic carbocycles. The summed E-state index contributed by atoms with van der Waals surface area (Å²) < 4.78 is 20.8. The van der Waals surface area contributed by atoms with Gasteiger partial charge in [0.25, 0.3) is 0 Å². The van der Waals surface area contributed by atoms with E-state index in [1.54, 1.807) is 6.07 Å². The van der Waals surface area contributed by atoms with Crippen molar-refractivity contribution in [3.63, 3.8) is 0 Å². The summed E-state index contributed by atoms with van der Waals surface area (Å²) in [7, 11) is 2.71. The Kier molecular flexibility index (Phi) is 7.17. The van der Waals surface area contributed by atoms with Gasteiger partial charge in [-0.2, -0.15) is 0 Å². The van der Waals surface area contributed by atoms with Crippen LogP contribution in [0.5, 0.6) is 5.75 Å². The first-order valence-corrected chi connectivity index (χ1v) is 11.8. The number of rotatable bonds is 8. The minimum atomic E-state index is -0.254. The maximum absolute atomic E-state index is 15.0. The molecule has 0 bridgehead atoms. The molecule has 1 atom stereocenters. The second-order valence-electron chi connectivity index (χ2n) is 8.23. The smallest absolute Gasteiger partial charge is 0.131 e. The van der Waals surface area contributed by atoms with Crippen molar-refractivity contribution in [2.75, 3.05) is 6.61 Å². The molecule has 0 N–H and O–H groups in total. The van der Waals surface area contributed by atoms with Gasteiger partial charge in [0.2, 0.25) is 0 Å². The number of hydrogen-bond donors (Lipinski definition) is 0. The molecule has 4 aromatic rings. The fourth-order valence-corrected chi connectivity index (χ4v) is 4.18. The Labute approximate surface area is 192 Å². The molecule has 1 unspecified atom stereocenters. The van der Waals surface area contributed by atoms with Gasteiger partial charge >= 0.3 is 0 Å². The molecular weight excluding hydrogens is 416 g/mol. The SMILES string of the molecule is CCCCCCOc1ccc(-c2ccc(-c3cc(C)c4cc(P)ccc4n3)cc2F)cc1. The van der Waals surface area contributed by atoms with Gasteiger partial charge in [-0.25, -0.2) is 9.37 Å². The van der Waals surface area contributed by atoms with Crippen molar-refractivity contribution in [3.8, 4) is 28.1 Å². The molecule has 0 saturated heterocycles. The largest absolute Gasteiger partial charge is 0.494 e. The fraction of sp³-hybridized carbons (Fsp3) is 0.250. The number of hydrogen-bond acceptors (Lipinski definition) is 2. The summed E-state index contributed by atoms with van der Waals surface area (Å²) in [6.07, 6.45) is 4.71. The van der Waals surface area contributed by atoms with Gasteiger partial charge in [0.05, 0.1) is 17.8 Å². The highest BCUT2D eigenvalue weighted by atomic mass is 31.0. The molecule has 0 aliphatic heterocycles. The van der Waals surface area contributed by atoms with Crippen LogP contribution in [0, 0.1) is 12.7 Å². The molecule has 0 fully saturated rings. The van der Waals surface area contributed by atoms with Crippen molar-refractivity contribution in [1.82, 2.24) is 4.98 Å². The highest BCUT2D eigenvalue weighted by molar-refractivity contribution is 7.27. The van der Waals surface area contributed by atoms with Crippen LogP contribution in [0.2, 0.25) is 0 Å². The lowest BCUT2D eigenvalue weighted by atomic mass is 10.0. The maximum Gasteiger partial charge on any atom is 0.131 e. The number of aromatic nitrogens is 1. The second kappa shape index (κ2) is 10.2. The Hall–Kier alpha value is -2.77. The number of benzene rings is 3. The number of ether oxygens (including phenoxy) is 1. The number of nitrogens with zero attached hydrogens (tertiary/aromatic N) is 1. The Bertz CT molecular complexity index is 1220. The first-order valence-electron chi connectivity index (χ1n) is 11.2. The molecular formula is C28H29FNOP. The Morgan fingerprint density at radius 1 is 0.875 bits per heavy atom. The lowest BCUT2D eigenvalue weighted by Crippen LogP contribution is -1.97. The van der Waals surface area contributed by atoms with E-state index in [1.165, 1.54) is 19.3 Å². The van der Waals surface area contributed by atoms with Crippen molar-refractivity contribution in [3.05, 3.63) is 78.1 Å². The summed E-state index contributed by atoms with van der Waals surface area (Å²) >= 11 is 0. The Balaban J connectivity index is 1.52. The van der Waals surface area contributed by atoms with Gasteiger partial charge in [-0.15, -0.1) is 9.24 Å². The third kappa shape index (κ3) is 5.16. The van der Waals surface area contributed by atoms with Gasteiger partial charge in [0, 0.05) is 16.5 Å². The molecule has 164 valence electrons. The zero-order valence-electron chi connectivity index (χ0n) is 18.7. The number of halogens is 1. The van der Waals surface area contributed by atoms with Gasteiger partial charge in [-0.05, 0) is 66.2 Å². The van der Waals surface area contributed by atoms with E-state index in [-0.39, 0.29) is 5.82 Å². The molecule has 0 amide bonds. The lowest BCUT2D eigenvalue weighted by molar-refractivity contribution is 0.305. The predicted octanol–water partition coefficient (Wildman–Crippen LogP) is 7.48. The second-order valence-corrected chi connectivity index (χ2v) is 8.90. The minimum Gasteiger partial charge on any atom is -0.494 e. The van der Waals surface area contributed by atoms with E-state index in [0.29, 0.717) is 5.56 Å². The van der Waals surface area contributed by atoms with E-state index < -0.39 is 0 Å². The highest BCUT2D eigenvalue weighted by Gasteiger charge is 2.10. The summed E-state index contributed by atoms with van der Waals surface area (Å²) in [6, 6.07) is 21.2. The lowest BCUT2D eigenvalue weighted by Gasteiger charge is -2.10. The number of unbranched alkanes of at least 4 members (excludes halogenated alkanes) is 3. The van der Waals surface area contributed by atoms with Gasteiger partial charge in [-0.3, -0.25) is 0 Å². The molecule has 2 nitrogen and oxygen atoms in total. The number of fused-ring (bicyclic) bond motifs is 1. The molecule has 32 heavy (non-hydrogen) atoms. The summed E-state index contributed by atoms with van der Waals surface area (Å²) in [5.41, 5.74) is 5.02. The predicted molar refractivity (Wildman–Crippen MR) is 136 cm³/mol. The first-order chi connectivity index (χ1) is 15.5. The van der Waals surface area contributed by atoms with Crippen LogP contribution >= 0.6 is 9.24 Å². The van der Waals surface area contributed by atoms with Crippen LogP contribution in [0.4, 0.5) is 4.39 Å². The third-order valence-electron chi connectivity index (χ3n) is 5.74. The highest BCUT2D eigenvalue weighted by Crippen LogP contribution is 2.30. The molecule has 0 radical (unpaired) electrons. The number of aryl methyl sites for hydroxylation is 1. The van der Waals surface area contributed by atoms with Crippen molar-refractivity contribution in [2.24, 2.45) is 0 Å². The standard InChI is InChI=1S/C28H29FNOP/c1-3-4-5-6-15-31-22-10-7-20(8-11-22)24-13-9-21(17-26(24)29)28-16-19(2)25-18-23(32)12-14-27(25)30-28/h7-14,16-18H,3-6,15,32H2,1-2H3. The number of pyridine rings is 1. The normalized spacial score (nSPS) is 11.1. The first kappa shape index (κ1) is 22.4. The Morgan fingerprint density at radius 2 is 1.66 bits per heavy atom. The molecule has 0 spiro atoms. The summed E-state index contributed by atoms with van der Waals surface area (Å²) in [6.45, 7) is 4.99. The topological polar surface area (TPSA) is 22.1 Å². The average Bonchev–Trinajstić information content (AvgIpc) is 2.80. The van der Waals surface area contributed by atoms with Crippen LogP contribution in [0.3, 0.4) is 0 Å². The van der Waals surface area contributed by atoms with Crippen molar-refractivity contribution in [2.45, 2.75) is 39.5 Å². The fourth-order valence-electron chi connectivity index (χ4n) is 3.92. The van der Waals surface area contributed by atoms with Crippen molar-refractivity contribution >= 4 is 25.4 Å². The van der Waals surface area contributed by atoms with E-state index >= 15 is 4.39 Å².